The number of ether oxygens (including phenoxy) is 1. The first kappa shape index (κ1) is 10.9. The van der Waals surface area contributed by atoms with Crippen LogP contribution in [0.4, 0.5) is 8.78 Å². The summed E-state index contributed by atoms with van der Waals surface area (Å²) in [7, 11) is 1.32. The molecule has 0 heterocycles. The van der Waals surface area contributed by atoms with Gasteiger partial charge in [-0.2, -0.15) is 0 Å². The van der Waals surface area contributed by atoms with Crippen molar-refractivity contribution in [2.75, 3.05) is 13.7 Å². The molecular weight excluding hydrogens is 192 g/mol. The van der Waals surface area contributed by atoms with Crippen LogP contribution < -0.4 is 10.6 Å². The van der Waals surface area contributed by atoms with Crippen molar-refractivity contribution in [2.24, 2.45) is 5.90 Å². The minimum atomic E-state index is -0.704. The Morgan fingerprint density at radius 2 is 2.07 bits per heavy atom. The van der Waals surface area contributed by atoms with Crippen LogP contribution in [0, 0.1) is 11.6 Å². The van der Waals surface area contributed by atoms with E-state index in [9.17, 15) is 8.78 Å². The van der Waals surface area contributed by atoms with Gasteiger partial charge in [-0.1, -0.05) is 0 Å². The number of hydrogen-bond acceptors (Lipinski definition) is 3. The molecule has 3 nitrogen and oxygen atoms in total. The highest BCUT2D eigenvalue weighted by atomic mass is 19.1. The molecule has 5 heteroatoms. The Labute approximate surface area is 80.4 Å². The van der Waals surface area contributed by atoms with Crippen molar-refractivity contribution in [3.63, 3.8) is 0 Å². The van der Waals surface area contributed by atoms with Crippen LogP contribution >= 0.6 is 0 Å². The molecule has 1 aromatic carbocycles. The van der Waals surface area contributed by atoms with Gasteiger partial charge in [0.2, 0.25) is 0 Å². The van der Waals surface area contributed by atoms with Crippen LogP contribution in [0.3, 0.4) is 0 Å². The Kier molecular flexibility index (Phi) is 3.79. The van der Waals surface area contributed by atoms with Crippen LogP contribution in [-0.2, 0) is 11.3 Å². The van der Waals surface area contributed by atoms with Crippen molar-refractivity contribution in [3.8, 4) is 5.75 Å². The van der Waals surface area contributed by atoms with E-state index in [1.54, 1.807) is 0 Å². The summed E-state index contributed by atoms with van der Waals surface area (Å²) >= 11 is 0. The third-order valence-electron chi connectivity index (χ3n) is 1.84. The average molecular weight is 203 g/mol. The van der Waals surface area contributed by atoms with Gasteiger partial charge in [0.05, 0.1) is 13.7 Å². The molecule has 0 bridgehead atoms. The van der Waals surface area contributed by atoms with Crippen LogP contribution in [0.15, 0.2) is 12.1 Å². The second kappa shape index (κ2) is 4.88. The van der Waals surface area contributed by atoms with Crippen molar-refractivity contribution < 1.29 is 18.4 Å². The second-order valence-corrected chi connectivity index (χ2v) is 2.66. The lowest BCUT2D eigenvalue weighted by Gasteiger charge is -2.07. The SMILES string of the molecule is COc1ccc(F)c(CCON)c1F. The maximum atomic E-state index is 13.4. The van der Waals surface area contributed by atoms with Gasteiger partial charge in [-0.15, -0.1) is 0 Å². The summed E-state index contributed by atoms with van der Waals surface area (Å²) in [6.07, 6.45) is 0.0748. The molecule has 2 N–H and O–H groups in total. The fraction of sp³-hybridized carbons (Fsp3) is 0.333. The van der Waals surface area contributed by atoms with Crippen LogP contribution in [0.2, 0.25) is 0 Å². The summed E-state index contributed by atoms with van der Waals surface area (Å²) in [6, 6.07) is 2.38. The molecule has 0 amide bonds. The summed E-state index contributed by atoms with van der Waals surface area (Å²) in [5, 5.41) is 0. The molecule has 0 atom stereocenters. The Bertz CT molecular complexity index is 318. The zero-order valence-electron chi connectivity index (χ0n) is 7.72. The Hall–Kier alpha value is -1.20. The van der Waals surface area contributed by atoms with Crippen LogP contribution in [0.25, 0.3) is 0 Å². The van der Waals surface area contributed by atoms with Gasteiger partial charge < -0.3 is 9.57 Å². The van der Waals surface area contributed by atoms with Crippen molar-refractivity contribution in [2.45, 2.75) is 6.42 Å². The lowest BCUT2D eigenvalue weighted by molar-refractivity contribution is 0.140. The molecule has 0 fully saturated rings. The third kappa shape index (κ3) is 2.18. The van der Waals surface area contributed by atoms with Gasteiger partial charge in [-0.3, -0.25) is 0 Å². The summed E-state index contributed by atoms with van der Waals surface area (Å²) in [4.78, 5) is 4.26. The van der Waals surface area contributed by atoms with E-state index in [4.69, 9.17) is 10.6 Å². The smallest absolute Gasteiger partial charge is 0.171 e. The second-order valence-electron chi connectivity index (χ2n) is 2.66. The Morgan fingerprint density at radius 1 is 1.36 bits per heavy atom. The van der Waals surface area contributed by atoms with Crippen LogP contribution in [0.1, 0.15) is 5.56 Å². The molecule has 0 saturated heterocycles. The fourth-order valence-electron chi connectivity index (χ4n) is 1.12. The highest BCUT2D eigenvalue weighted by molar-refractivity contribution is 5.32. The van der Waals surface area contributed by atoms with E-state index in [1.807, 2.05) is 0 Å². The zero-order chi connectivity index (χ0) is 10.6. The van der Waals surface area contributed by atoms with Crippen molar-refractivity contribution in [1.82, 2.24) is 0 Å². The van der Waals surface area contributed by atoms with Crippen molar-refractivity contribution in [3.05, 3.63) is 29.3 Å². The Morgan fingerprint density at radius 3 is 2.64 bits per heavy atom. The molecule has 0 aliphatic rings. The molecule has 0 spiro atoms. The van der Waals surface area contributed by atoms with Gasteiger partial charge in [0, 0.05) is 12.0 Å². The summed E-state index contributed by atoms with van der Waals surface area (Å²) < 4.78 is 31.2. The number of halogens is 2. The molecule has 0 radical (unpaired) electrons. The predicted molar refractivity (Wildman–Crippen MR) is 46.8 cm³/mol. The normalized spacial score (nSPS) is 10.3. The zero-order valence-corrected chi connectivity index (χ0v) is 7.72. The van der Waals surface area contributed by atoms with E-state index in [1.165, 1.54) is 13.2 Å². The number of methoxy groups -OCH3 is 1. The molecule has 0 unspecified atom stereocenters. The van der Waals surface area contributed by atoms with Gasteiger partial charge in [-0.05, 0) is 12.1 Å². The van der Waals surface area contributed by atoms with E-state index in [-0.39, 0.29) is 24.3 Å². The van der Waals surface area contributed by atoms with Crippen LogP contribution in [-0.4, -0.2) is 13.7 Å². The molecule has 0 aliphatic heterocycles. The van der Waals surface area contributed by atoms with Gasteiger partial charge in [0.25, 0.3) is 0 Å². The summed E-state index contributed by atoms with van der Waals surface area (Å²) in [5.74, 6) is 3.45. The topological polar surface area (TPSA) is 44.5 Å². The van der Waals surface area contributed by atoms with Crippen molar-refractivity contribution >= 4 is 0 Å². The van der Waals surface area contributed by atoms with E-state index in [0.29, 0.717) is 0 Å². The molecular formula is C9H11F2NO2. The van der Waals surface area contributed by atoms with E-state index < -0.39 is 11.6 Å². The number of rotatable bonds is 4. The minimum absolute atomic E-state index is 0.0124. The highest BCUT2D eigenvalue weighted by Gasteiger charge is 2.13. The number of hydrogen-bond donors (Lipinski definition) is 1. The molecule has 1 aromatic rings. The molecule has 0 saturated carbocycles. The quantitative estimate of drug-likeness (QED) is 0.752. The third-order valence-corrected chi connectivity index (χ3v) is 1.84. The first-order chi connectivity index (χ1) is 6.70. The Balaban J connectivity index is 2.99. The average Bonchev–Trinajstić information content (AvgIpc) is 2.18. The van der Waals surface area contributed by atoms with Crippen molar-refractivity contribution in [1.29, 1.82) is 0 Å². The van der Waals surface area contributed by atoms with E-state index in [2.05, 4.69) is 4.84 Å². The number of nitrogens with two attached hydrogens (primary N) is 1. The highest BCUT2D eigenvalue weighted by Crippen LogP contribution is 2.23. The number of benzene rings is 1. The summed E-state index contributed by atoms with van der Waals surface area (Å²) in [5.41, 5.74) is -0.0743. The van der Waals surface area contributed by atoms with Gasteiger partial charge in [-0.25, -0.2) is 14.7 Å². The maximum Gasteiger partial charge on any atom is 0.171 e. The molecule has 1 rings (SSSR count). The van der Waals surface area contributed by atoms with E-state index in [0.717, 1.165) is 6.07 Å². The largest absolute Gasteiger partial charge is 0.494 e. The first-order valence-electron chi connectivity index (χ1n) is 4.03. The fourth-order valence-corrected chi connectivity index (χ4v) is 1.12. The van der Waals surface area contributed by atoms with Gasteiger partial charge in [0.15, 0.2) is 11.6 Å². The lowest BCUT2D eigenvalue weighted by atomic mass is 10.1. The molecule has 78 valence electrons. The minimum Gasteiger partial charge on any atom is -0.494 e. The predicted octanol–water partition coefficient (Wildman–Crippen LogP) is 1.41. The monoisotopic (exact) mass is 203 g/mol. The van der Waals surface area contributed by atoms with Gasteiger partial charge >= 0.3 is 0 Å². The molecule has 0 aromatic heterocycles. The standard InChI is InChI=1S/C9H11F2NO2/c1-13-8-3-2-7(10)6(9(8)11)4-5-14-12/h2-3H,4-5,12H2,1H3. The lowest BCUT2D eigenvalue weighted by Crippen LogP contribution is -2.07. The molecule has 14 heavy (non-hydrogen) atoms. The molecule has 0 aliphatic carbocycles. The van der Waals surface area contributed by atoms with Crippen LogP contribution in [0.5, 0.6) is 5.75 Å². The van der Waals surface area contributed by atoms with E-state index >= 15 is 0 Å². The van der Waals surface area contributed by atoms with Gasteiger partial charge in [0.1, 0.15) is 5.82 Å². The maximum absolute atomic E-state index is 13.4. The summed E-state index contributed by atoms with van der Waals surface area (Å²) in [6.45, 7) is 0.0566. The first-order valence-corrected chi connectivity index (χ1v) is 4.03.